The van der Waals surface area contributed by atoms with Gasteiger partial charge in [0.15, 0.2) is 11.4 Å². The molecule has 2 N–H and O–H groups in total. The van der Waals surface area contributed by atoms with E-state index in [1.807, 2.05) is 0 Å². The predicted octanol–water partition coefficient (Wildman–Crippen LogP) is 2.47. The van der Waals surface area contributed by atoms with Crippen LogP contribution in [0.15, 0.2) is 30.5 Å². The van der Waals surface area contributed by atoms with Gasteiger partial charge < -0.3 is 10.4 Å². The Kier molecular flexibility index (Phi) is 2.81. The molecule has 0 bridgehead atoms. The number of halogens is 2. The first-order valence-corrected chi connectivity index (χ1v) is 6.21. The number of alkyl halides is 2. The number of hydrogen-bond donors (Lipinski definition) is 2. The topological polar surface area (TPSA) is 62.2 Å². The standard InChI is InChI=1S/C14H12F2N2O2/c15-13(16)14(5-6-14)18-12(20)10-11(19)9-4-2-1-3-8(9)7-17-10/h1-4,7,13,19H,5-6H2,(H,18,20). The summed E-state index contributed by atoms with van der Waals surface area (Å²) in [6.45, 7) is 0. The molecule has 0 spiro atoms. The van der Waals surface area contributed by atoms with Crippen LogP contribution in [0.25, 0.3) is 10.8 Å². The fourth-order valence-electron chi connectivity index (χ4n) is 2.13. The van der Waals surface area contributed by atoms with Crippen molar-refractivity contribution in [3.63, 3.8) is 0 Å². The fourth-order valence-corrected chi connectivity index (χ4v) is 2.13. The average Bonchev–Trinajstić information content (AvgIpc) is 3.20. The minimum atomic E-state index is -2.62. The molecular formula is C14H12F2N2O2. The number of benzene rings is 1. The molecule has 0 saturated heterocycles. The van der Waals surface area contributed by atoms with E-state index < -0.39 is 17.9 Å². The minimum absolute atomic E-state index is 0.226. The Morgan fingerprint density at radius 2 is 2.05 bits per heavy atom. The number of carbonyl (C=O) groups is 1. The van der Waals surface area contributed by atoms with E-state index in [0.29, 0.717) is 10.8 Å². The number of rotatable bonds is 3. The zero-order valence-corrected chi connectivity index (χ0v) is 10.4. The number of pyridine rings is 1. The number of aromatic nitrogens is 1. The molecule has 1 heterocycles. The van der Waals surface area contributed by atoms with Gasteiger partial charge in [-0.3, -0.25) is 4.79 Å². The van der Waals surface area contributed by atoms with Gasteiger partial charge >= 0.3 is 0 Å². The SMILES string of the molecule is O=C(NC1(C(F)F)CC1)c1ncc2ccccc2c1O. The van der Waals surface area contributed by atoms with Gasteiger partial charge in [0, 0.05) is 17.0 Å². The Bertz CT molecular complexity index is 684. The highest BCUT2D eigenvalue weighted by molar-refractivity contribution is 6.01. The summed E-state index contributed by atoms with van der Waals surface area (Å²) in [5, 5.41) is 13.5. The van der Waals surface area contributed by atoms with Crippen LogP contribution >= 0.6 is 0 Å². The molecule has 0 unspecified atom stereocenters. The van der Waals surface area contributed by atoms with E-state index >= 15 is 0 Å². The number of amides is 1. The Balaban J connectivity index is 1.94. The van der Waals surface area contributed by atoms with Crippen LogP contribution in [0.2, 0.25) is 0 Å². The van der Waals surface area contributed by atoms with Crippen molar-refractivity contribution in [2.75, 3.05) is 0 Å². The maximum absolute atomic E-state index is 12.8. The zero-order chi connectivity index (χ0) is 14.3. The molecule has 1 amide bonds. The molecule has 4 nitrogen and oxygen atoms in total. The van der Waals surface area contributed by atoms with Crippen LogP contribution in [0.5, 0.6) is 5.75 Å². The molecular weight excluding hydrogens is 266 g/mol. The lowest BCUT2D eigenvalue weighted by Crippen LogP contribution is -2.42. The predicted molar refractivity (Wildman–Crippen MR) is 68.8 cm³/mol. The molecule has 3 rings (SSSR count). The van der Waals surface area contributed by atoms with Gasteiger partial charge in [0.1, 0.15) is 5.54 Å². The van der Waals surface area contributed by atoms with Crippen LogP contribution in [-0.4, -0.2) is 28.0 Å². The molecule has 2 aromatic rings. The van der Waals surface area contributed by atoms with E-state index in [1.54, 1.807) is 24.3 Å². The third kappa shape index (κ3) is 1.97. The second kappa shape index (κ2) is 4.40. The van der Waals surface area contributed by atoms with Gasteiger partial charge in [0.2, 0.25) is 0 Å². The molecule has 1 saturated carbocycles. The summed E-state index contributed by atoms with van der Waals surface area (Å²) in [7, 11) is 0. The molecule has 1 aliphatic carbocycles. The number of hydrogen-bond acceptors (Lipinski definition) is 3. The van der Waals surface area contributed by atoms with Crippen molar-refractivity contribution < 1.29 is 18.7 Å². The van der Waals surface area contributed by atoms with Crippen LogP contribution in [-0.2, 0) is 0 Å². The quantitative estimate of drug-likeness (QED) is 0.906. The summed E-state index contributed by atoms with van der Waals surface area (Å²) in [6.07, 6.45) is -0.699. The largest absolute Gasteiger partial charge is 0.505 e. The van der Waals surface area contributed by atoms with Crippen molar-refractivity contribution in [1.82, 2.24) is 10.3 Å². The van der Waals surface area contributed by atoms with E-state index in [4.69, 9.17) is 0 Å². The molecule has 1 aromatic carbocycles. The smallest absolute Gasteiger partial charge is 0.274 e. The second-order valence-electron chi connectivity index (χ2n) is 4.95. The Morgan fingerprint density at radius 3 is 2.70 bits per heavy atom. The summed E-state index contributed by atoms with van der Waals surface area (Å²) in [5.74, 6) is -1.06. The van der Waals surface area contributed by atoms with Gasteiger partial charge in [-0.25, -0.2) is 13.8 Å². The maximum Gasteiger partial charge on any atom is 0.274 e. The lowest BCUT2D eigenvalue weighted by atomic mass is 10.1. The van der Waals surface area contributed by atoms with E-state index in [9.17, 15) is 18.7 Å². The van der Waals surface area contributed by atoms with Crippen molar-refractivity contribution in [3.8, 4) is 5.75 Å². The van der Waals surface area contributed by atoms with Crippen molar-refractivity contribution in [1.29, 1.82) is 0 Å². The third-order valence-electron chi connectivity index (χ3n) is 3.56. The first kappa shape index (κ1) is 12.8. The van der Waals surface area contributed by atoms with Crippen LogP contribution in [0.3, 0.4) is 0 Å². The summed E-state index contributed by atoms with van der Waals surface area (Å²) < 4.78 is 25.6. The monoisotopic (exact) mass is 278 g/mol. The molecule has 0 aliphatic heterocycles. The zero-order valence-electron chi connectivity index (χ0n) is 10.4. The van der Waals surface area contributed by atoms with Crippen molar-refractivity contribution >= 4 is 16.7 Å². The van der Waals surface area contributed by atoms with Gasteiger partial charge in [0.25, 0.3) is 12.3 Å². The average molecular weight is 278 g/mol. The minimum Gasteiger partial charge on any atom is -0.505 e. The van der Waals surface area contributed by atoms with Crippen LogP contribution in [0, 0.1) is 0 Å². The Hall–Kier alpha value is -2.24. The Labute approximate surface area is 113 Å². The van der Waals surface area contributed by atoms with Gasteiger partial charge in [-0.15, -0.1) is 0 Å². The first-order chi connectivity index (χ1) is 9.53. The fraction of sp³-hybridized carbons (Fsp3) is 0.286. The highest BCUT2D eigenvalue weighted by atomic mass is 19.3. The molecule has 1 fully saturated rings. The Morgan fingerprint density at radius 1 is 1.35 bits per heavy atom. The number of aromatic hydroxyl groups is 1. The van der Waals surface area contributed by atoms with Gasteiger partial charge in [0.05, 0.1) is 0 Å². The summed E-state index contributed by atoms with van der Waals surface area (Å²) >= 11 is 0. The molecule has 1 aliphatic rings. The molecule has 1 aromatic heterocycles. The number of nitrogens with zero attached hydrogens (tertiary/aromatic N) is 1. The number of carbonyl (C=O) groups excluding carboxylic acids is 1. The molecule has 6 heteroatoms. The lowest BCUT2D eigenvalue weighted by molar-refractivity contribution is 0.0674. The maximum atomic E-state index is 12.8. The van der Waals surface area contributed by atoms with Crippen LogP contribution in [0.4, 0.5) is 8.78 Å². The van der Waals surface area contributed by atoms with Gasteiger partial charge in [-0.2, -0.15) is 0 Å². The molecule has 0 radical (unpaired) electrons. The van der Waals surface area contributed by atoms with Crippen LogP contribution in [0.1, 0.15) is 23.3 Å². The normalized spacial score (nSPS) is 16.4. The summed E-state index contributed by atoms with van der Waals surface area (Å²) in [6, 6.07) is 6.87. The van der Waals surface area contributed by atoms with Gasteiger partial charge in [-0.1, -0.05) is 24.3 Å². The summed E-state index contributed by atoms with van der Waals surface area (Å²) in [5.41, 5.74) is -1.67. The first-order valence-electron chi connectivity index (χ1n) is 6.21. The molecule has 0 atom stereocenters. The van der Waals surface area contributed by atoms with Crippen molar-refractivity contribution in [2.24, 2.45) is 0 Å². The summed E-state index contributed by atoms with van der Waals surface area (Å²) in [4.78, 5) is 15.9. The second-order valence-corrected chi connectivity index (χ2v) is 4.95. The lowest BCUT2D eigenvalue weighted by Gasteiger charge is -2.16. The highest BCUT2D eigenvalue weighted by Crippen LogP contribution is 2.41. The highest BCUT2D eigenvalue weighted by Gasteiger charge is 2.52. The van der Waals surface area contributed by atoms with Crippen molar-refractivity contribution in [2.45, 2.75) is 24.8 Å². The molecule has 20 heavy (non-hydrogen) atoms. The van der Waals surface area contributed by atoms with Crippen LogP contribution < -0.4 is 5.32 Å². The van der Waals surface area contributed by atoms with E-state index in [-0.39, 0.29) is 24.3 Å². The van der Waals surface area contributed by atoms with Gasteiger partial charge in [-0.05, 0) is 12.8 Å². The number of nitrogens with one attached hydrogen (secondary N) is 1. The third-order valence-corrected chi connectivity index (χ3v) is 3.56. The number of fused-ring (bicyclic) bond motifs is 1. The van der Waals surface area contributed by atoms with E-state index in [2.05, 4.69) is 10.3 Å². The van der Waals surface area contributed by atoms with E-state index in [0.717, 1.165) is 0 Å². The molecule has 104 valence electrons. The van der Waals surface area contributed by atoms with E-state index in [1.165, 1.54) is 6.20 Å². The van der Waals surface area contributed by atoms with Crippen molar-refractivity contribution in [3.05, 3.63) is 36.2 Å².